The number of rotatable bonds is 6. The van der Waals surface area contributed by atoms with Crippen LogP contribution in [0.15, 0.2) is 12.1 Å². The molecule has 1 aliphatic carbocycles. The molecule has 1 saturated carbocycles. The molecule has 5 nitrogen and oxygen atoms in total. The van der Waals surface area contributed by atoms with E-state index < -0.39 is 22.2 Å². The van der Waals surface area contributed by atoms with Crippen LogP contribution in [0.4, 0.5) is 20.2 Å². The Balaban J connectivity index is 1.95. The molecule has 0 aliphatic heterocycles. The van der Waals surface area contributed by atoms with Crippen molar-refractivity contribution in [2.24, 2.45) is 0 Å². The summed E-state index contributed by atoms with van der Waals surface area (Å²) < 4.78 is 26.9. The smallest absolute Gasteiger partial charge is 0.275 e. The maximum atomic E-state index is 13.4. The molecule has 0 saturated heterocycles. The van der Waals surface area contributed by atoms with E-state index in [1.807, 2.05) is 0 Å². The monoisotopic (exact) mass is 257 g/mol. The van der Waals surface area contributed by atoms with Gasteiger partial charge in [-0.2, -0.15) is 0 Å². The van der Waals surface area contributed by atoms with Crippen molar-refractivity contribution in [3.63, 3.8) is 0 Å². The first-order valence-corrected chi connectivity index (χ1v) is 5.68. The summed E-state index contributed by atoms with van der Waals surface area (Å²) >= 11 is 0. The zero-order valence-electron chi connectivity index (χ0n) is 9.58. The van der Waals surface area contributed by atoms with Crippen LogP contribution in [0, 0.1) is 21.7 Å². The van der Waals surface area contributed by atoms with E-state index in [4.69, 9.17) is 0 Å². The van der Waals surface area contributed by atoms with Crippen LogP contribution in [0.3, 0.4) is 0 Å². The van der Waals surface area contributed by atoms with E-state index in [1.165, 1.54) is 0 Å². The highest BCUT2D eigenvalue weighted by atomic mass is 19.1. The van der Waals surface area contributed by atoms with Crippen molar-refractivity contribution in [3.8, 4) is 0 Å². The number of nitrogens with one attached hydrogen (secondary N) is 2. The number of hydrogen-bond donors (Lipinski definition) is 2. The largest absolute Gasteiger partial charge is 0.379 e. The molecule has 98 valence electrons. The van der Waals surface area contributed by atoms with Gasteiger partial charge in [0.25, 0.3) is 5.69 Å². The fourth-order valence-corrected chi connectivity index (χ4v) is 1.59. The van der Waals surface area contributed by atoms with Crippen LogP contribution >= 0.6 is 0 Å². The minimum Gasteiger partial charge on any atom is -0.379 e. The van der Waals surface area contributed by atoms with Crippen molar-refractivity contribution in [2.45, 2.75) is 18.9 Å². The number of nitro benzene ring substituents is 1. The molecule has 1 fully saturated rings. The lowest BCUT2D eigenvalue weighted by atomic mass is 10.2. The summed E-state index contributed by atoms with van der Waals surface area (Å²) in [5.41, 5.74) is -0.912. The summed E-state index contributed by atoms with van der Waals surface area (Å²) in [5, 5.41) is 16.2. The molecule has 2 N–H and O–H groups in total. The molecule has 18 heavy (non-hydrogen) atoms. The third-order valence-electron chi connectivity index (χ3n) is 2.67. The van der Waals surface area contributed by atoms with Crippen molar-refractivity contribution in [2.75, 3.05) is 18.4 Å². The number of anilines is 1. The lowest BCUT2D eigenvalue weighted by Crippen LogP contribution is -2.24. The molecule has 0 spiro atoms. The Morgan fingerprint density at radius 1 is 1.28 bits per heavy atom. The van der Waals surface area contributed by atoms with Crippen molar-refractivity contribution < 1.29 is 13.7 Å². The number of nitro groups is 1. The molecule has 2 rings (SSSR count). The van der Waals surface area contributed by atoms with Crippen LogP contribution in [0.25, 0.3) is 0 Å². The molecule has 0 radical (unpaired) electrons. The molecule has 7 heteroatoms. The number of benzene rings is 1. The van der Waals surface area contributed by atoms with Gasteiger partial charge < -0.3 is 10.6 Å². The highest BCUT2D eigenvalue weighted by Gasteiger charge is 2.20. The van der Waals surface area contributed by atoms with Crippen LogP contribution in [-0.4, -0.2) is 24.1 Å². The minimum absolute atomic E-state index is 0.321. The number of nitrogens with zero attached hydrogens (tertiary/aromatic N) is 1. The zero-order chi connectivity index (χ0) is 13.1. The fraction of sp³-hybridized carbons (Fsp3) is 0.455. The summed E-state index contributed by atoms with van der Waals surface area (Å²) in [4.78, 5) is 9.57. The van der Waals surface area contributed by atoms with Gasteiger partial charge in [-0.1, -0.05) is 0 Å². The molecule has 1 aliphatic rings. The Labute approximate surface area is 102 Å². The van der Waals surface area contributed by atoms with Crippen molar-refractivity contribution in [1.82, 2.24) is 5.32 Å². The van der Waals surface area contributed by atoms with Gasteiger partial charge in [0, 0.05) is 19.1 Å². The van der Waals surface area contributed by atoms with Gasteiger partial charge in [-0.05, 0) is 12.8 Å². The van der Waals surface area contributed by atoms with E-state index in [0.29, 0.717) is 31.3 Å². The van der Waals surface area contributed by atoms with Crippen molar-refractivity contribution >= 4 is 11.4 Å². The highest BCUT2D eigenvalue weighted by Crippen LogP contribution is 2.24. The van der Waals surface area contributed by atoms with Gasteiger partial charge >= 0.3 is 0 Å². The Morgan fingerprint density at radius 3 is 2.39 bits per heavy atom. The average molecular weight is 257 g/mol. The second kappa shape index (κ2) is 5.26. The van der Waals surface area contributed by atoms with Gasteiger partial charge in [-0.15, -0.1) is 0 Å². The van der Waals surface area contributed by atoms with Crippen molar-refractivity contribution in [1.29, 1.82) is 0 Å². The maximum absolute atomic E-state index is 13.4. The van der Waals surface area contributed by atoms with E-state index >= 15 is 0 Å². The van der Waals surface area contributed by atoms with Gasteiger partial charge in [0.2, 0.25) is 0 Å². The van der Waals surface area contributed by atoms with E-state index in [-0.39, 0.29) is 5.69 Å². The lowest BCUT2D eigenvalue weighted by Gasteiger charge is -2.09. The summed E-state index contributed by atoms with van der Waals surface area (Å²) in [6.07, 6.45) is 2.28. The van der Waals surface area contributed by atoms with E-state index in [9.17, 15) is 18.9 Å². The second-order valence-electron chi connectivity index (χ2n) is 4.20. The molecule has 0 atom stereocenters. The summed E-state index contributed by atoms with van der Waals surface area (Å²) in [5.74, 6) is -1.90. The van der Waals surface area contributed by atoms with E-state index in [1.54, 1.807) is 0 Å². The standard InChI is InChI=1S/C11H13F2N3O2/c12-9-5-8(16(17)18)6-10(13)11(9)15-4-3-14-7-1-2-7/h5-7,14-15H,1-4H2. The van der Waals surface area contributed by atoms with Crippen LogP contribution < -0.4 is 10.6 Å². The topological polar surface area (TPSA) is 67.2 Å². The normalized spacial score (nSPS) is 14.6. The first-order valence-electron chi connectivity index (χ1n) is 5.68. The Bertz CT molecular complexity index is 441. The number of halogens is 2. The summed E-state index contributed by atoms with van der Waals surface area (Å²) in [6, 6.07) is 1.94. The quantitative estimate of drug-likeness (QED) is 0.465. The summed E-state index contributed by atoms with van der Waals surface area (Å²) in [7, 11) is 0. The molecule has 1 aromatic carbocycles. The highest BCUT2D eigenvalue weighted by molar-refractivity contribution is 5.51. The molecule has 0 aromatic heterocycles. The second-order valence-corrected chi connectivity index (χ2v) is 4.20. The first-order chi connectivity index (χ1) is 8.58. The third-order valence-corrected chi connectivity index (χ3v) is 2.67. The fourth-order valence-electron chi connectivity index (χ4n) is 1.59. The molecular weight excluding hydrogens is 244 g/mol. The third kappa shape index (κ3) is 3.13. The van der Waals surface area contributed by atoms with Gasteiger partial charge in [0.1, 0.15) is 5.69 Å². The Morgan fingerprint density at radius 2 is 1.89 bits per heavy atom. The van der Waals surface area contributed by atoms with Crippen LogP contribution in [0.2, 0.25) is 0 Å². The van der Waals surface area contributed by atoms with Crippen LogP contribution in [0.5, 0.6) is 0 Å². The van der Waals surface area contributed by atoms with Gasteiger partial charge in [0.15, 0.2) is 11.6 Å². The SMILES string of the molecule is O=[N+]([O-])c1cc(F)c(NCCNC2CC2)c(F)c1. The molecule has 0 unspecified atom stereocenters. The minimum atomic E-state index is -0.951. The Kier molecular flexibility index (Phi) is 3.71. The predicted molar refractivity (Wildman–Crippen MR) is 62.5 cm³/mol. The first kappa shape index (κ1) is 12.7. The maximum Gasteiger partial charge on any atom is 0.275 e. The van der Waals surface area contributed by atoms with Crippen LogP contribution in [0.1, 0.15) is 12.8 Å². The summed E-state index contributed by atoms with van der Waals surface area (Å²) in [6.45, 7) is 0.961. The number of hydrogen-bond acceptors (Lipinski definition) is 4. The average Bonchev–Trinajstić information content (AvgIpc) is 3.10. The number of non-ortho nitro benzene ring substituents is 1. The van der Waals surface area contributed by atoms with Gasteiger partial charge in [-0.25, -0.2) is 8.78 Å². The lowest BCUT2D eigenvalue weighted by molar-refractivity contribution is -0.385. The van der Waals surface area contributed by atoms with Crippen molar-refractivity contribution in [3.05, 3.63) is 33.9 Å². The predicted octanol–water partition coefficient (Wildman–Crippen LogP) is 2.04. The molecular formula is C11H13F2N3O2. The zero-order valence-corrected chi connectivity index (χ0v) is 9.58. The van der Waals surface area contributed by atoms with E-state index in [0.717, 1.165) is 12.8 Å². The van der Waals surface area contributed by atoms with E-state index in [2.05, 4.69) is 10.6 Å². The van der Waals surface area contributed by atoms with Gasteiger partial charge in [0.05, 0.1) is 17.1 Å². The molecule has 0 bridgehead atoms. The van der Waals surface area contributed by atoms with Gasteiger partial charge in [-0.3, -0.25) is 10.1 Å². The molecule has 1 aromatic rings. The van der Waals surface area contributed by atoms with Crippen LogP contribution in [-0.2, 0) is 0 Å². The molecule has 0 amide bonds. The Hall–Kier alpha value is -1.76. The molecule has 0 heterocycles.